The van der Waals surface area contributed by atoms with Gasteiger partial charge in [-0.15, -0.1) is 0 Å². The van der Waals surface area contributed by atoms with E-state index in [2.05, 4.69) is 20.9 Å². The van der Waals surface area contributed by atoms with E-state index < -0.39 is 5.97 Å². The minimum Gasteiger partial charge on any atom is -0.493 e. The summed E-state index contributed by atoms with van der Waals surface area (Å²) in [6.07, 6.45) is 1.46. The molecule has 1 heterocycles. The van der Waals surface area contributed by atoms with E-state index in [0.717, 1.165) is 5.39 Å². The molecule has 1 aromatic carbocycles. The molecule has 5 nitrogen and oxygen atoms in total. The summed E-state index contributed by atoms with van der Waals surface area (Å²) in [6, 6.07) is 3.51. The van der Waals surface area contributed by atoms with Crippen LogP contribution in [0, 0.1) is 0 Å². The third-order valence-corrected chi connectivity index (χ3v) is 3.57. The molecule has 0 N–H and O–H groups in total. The standard InChI is InChI=1S/C13H12BrNO4/c1-17-10-4-7-9(5-11(10)18-2)15-6-8(12(7)14)13(16)19-3/h4-6H,1-3H3. The topological polar surface area (TPSA) is 57.7 Å². The number of methoxy groups -OCH3 is 3. The molecule has 0 radical (unpaired) electrons. The van der Waals surface area contributed by atoms with E-state index in [-0.39, 0.29) is 0 Å². The van der Waals surface area contributed by atoms with Gasteiger partial charge in [0, 0.05) is 22.1 Å². The number of halogens is 1. The molecule has 2 rings (SSSR count). The number of hydrogen-bond donors (Lipinski definition) is 0. The van der Waals surface area contributed by atoms with Crippen LogP contribution in [-0.2, 0) is 4.74 Å². The molecular weight excluding hydrogens is 314 g/mol. The van der Waals surface area contributed by atoms with Crippen molar-refractivity contribution in [2.24, 2.45) is 0 Å². The smallest absolute Gasteiger partial charge is 0.340 e. The Morgan fingerprint density at radius 1 is 1.16 bits per heavy atom. The molecule has 0 aliphatic carbocycles. The number of rotatable bonds is 3. The monoisotopic (exact) mass is 325 g/mol. The van der Waals surface area contributed by atoms with Crippen molar-refractivity contribution in [1.29, 1.82) is 0 Å². The summed E-state index contributed by atoms with van der Waals surface area (Å²) in [5.41, 5.74) is 1.05. The van der Waals surface area contributed by atoms with Gasteiger partial charge in [-0.1, -0.05) is 0 Å². The van der Waals surface area contributed by atoms with Crippen molar-refractivity contribution in [3.63, 3.8) is 0 Å². The number of pyridine rings is 1. The molecular formula is C13H12BrNO4. The van der Waals surface area contributed by atoms with E-state index in [1.165, 1.54) is 13.3 Å². The van der Waals surface area contributed by atoms with Crippen LogP contribution in [0.5, 0.6) is 11.5 Å². The summed E-state index contributed by atoms with van der Waals surface area (Å²) in [6.45, 7) is 0. The molecule has 0 aliphatic heterocycles. The van der Waals surface area contributed by atoms with Gasteiger partial charge in [-0.3, -0.25) is 4.98 Å². The molecule has 0 aliphatic rings. The normalized spacial score (nSPS) is 10.3. The number of nitrogens with zero attached hydrogens (tertiary/aromatic N) is 1. The van der Waals surface area contributed by atoms with Crippen LogP contribution in [0.3, 0.4) is 0 Å². The number of carbonyl (C=O) groups is 1. The fourth-order valence-corrected chi connectivity index (χ4v) is 2.32. The third kappa shape index (κ3) is 2.35. The van der Waals surface area contributed by atoms with Gasteiger partial charge in [-0.05, 0) is 22.0 Å². The first-order valence-corrected chi connectivity index (χ1v) is 6.20. The Kier molecular flexibility index (Phi) is 3.90. The van der Waals surface area contributed by atoms with Gasteiger partial charge in [0.15, 0.2) is 11.5 Å². The minimum absolute atomic E-state index is 0.363. The molecule has 100 valence electrons. The second-order valence-electron chi connectivity index (χ2n) is 3.70. The number of aromatic nitrogens is 1. The summed E-state index contributed by atoms with van der Waals surface area (Å²) in [5, 5.41) is 0.751. The molecule has 0 saturated heterocycles. The van der Waals surface area contributed by atoms with Crippen molar-refractivity contribution in [3.05, 3.63) is 28.4 Å². The summed E-state index contributed by atoms with van der Waals surface area (Å²) >= 11 is 3.40. The average molecular weight is 326 g/mol. The van der Waals surface area contributed by atoms with Gasteiger partial charge in [0.2, 0.25) is 0 Å². The third-order valence-electron chi connectivity index (χ3n) is 2.71. The van der Waals surface area contributed by atoms with E-state index in [1.807, 2.05) is 0 Å². The van der Waals surface area contributed by atoms with Crippen molar-refractivity contribution >= 4 is 32.8 Å². The first-order valence-electron chi connectivity index (χ1n) is 5.41. The van der Waals surface area contributed by atoms with E-state index in [9.17, 15) is 4.79 Å². The Morgan fingerprint density at radius 3 is 2.37 bits per heavy atom. The van der Waals surface area contributed by atoms with Crippen LogP contribution in [0.2, 0.25) is 0 Å². The highest BCUT2D eigenvalue weighted by Gasteiger charge is 2.16. The number of ether oxygens (including phenoxy) is 3. The fraction of sp³-hybridized carbons (Fsp3) is 0.231. The summed E-state index contributed by atoms with van der Waals surface area (Å²) < 4.78 is 15.8. The number of benzene rings is 1. The first kappa shape index (κ1) is 13.6. The van der Waals surface area contributed by atoms with Crippen LogP contribution < -0.4 is 9.47 Å². The lowest BCUT2D eigenvalue weighted by molar-refractivity contribution is 0.0599. The van der Waals surface area contributed by atoms with E-state index in [4.69, 9.17) is 14.2 Å². The molecule has 6 heteroatoms. The van der Waals surface area contributed by atoms with Gasteiger partial charge in [-0.2, -0.15) is 0 Å². The SMILES string of the molecule is COC(=O)c1cnc2cc(OC)c(OC)cc2c1Br. The molecule has 0 spiro atoms. The number of carbonyl (C=O) groups excluding carboxylic acids is 1. The highest BCUT2D eigenvalue weighted by atomic mass is 79.9. The van der Waals surface area contributed by atoms with Crippen molar-refractivity contribution in [2.45, 2.75) is 0 Å². The molecule has 1 aromatic heterocycles. The van der Waals surface area contributed by atoms with Gasteiger partial charge in [0.05, 0.1) is 32.4 Å². The average Bonchev–Trinajstić information content (AvgIpc) is 2.45. The Morgan fingerprint density at radius 2 is 1.79 bits per heavy atom. The molecule has 0 bridgehead atoms. The van der Waals surface area contributed by atoms with E-state index >= 15 is 0 Å². The second-order valence-corrected chi connectivity index (χ2v) is 4.49. The maximum atomic E-state index is 11.6. The second kappa shape index (κ2) is 5.44. The molecule has 0 fully saturated rings. The fourth-order valence-electron chi connectivity index (χ4n) is 1.74. The Bertz CT molecular complexity index is 642. The molecule has 2 aromatic rings. The van der Waals surface area contributed by atoms with Gasteiger partial charge >= 0.3 is 5.97 Å². The maximum absolute atomic E-state index is 11.6. The van der Waals surface area contributed by atoms with Crippen molar-refractivity contribution in [1.82, 2.24) is 4.98 Å². The molecule has 0 saturated carbocycles. The van der Waals surface area contributed by atoms with Gasteiger partial charge in [0.1, 0.15) is 0 Å². The largest absolute Gasteiger partial charge is 0.493 e. The lowest BCUT2D eigenvalue weighted by Gasteiger charge is -2.11. The van der Waals surface area contributed by atoms with Crippen LogP contribution in [0.25, 0.3) is 10.9 Å². The number of esters is 1. The van der Waals surface area contributed by atoms with Gasteiger partial charge in [-0.25, -0.2) is 4.79 Å². The van der Waals surface area contributed by atoms with Crippen LogP contribution in [0.4, 0.5) is 0 Å². The number of hydrogen-bond acceptors (Lipinski definition) is 5. The lowest BCUT2D eigenvalue weighted by atomic mass is 10.1. The van der Waals surface area contributed by atoms with Crippen LogP contribution in [0.1, 0.15) is 10.4 Å². The van der Waals surface area contributed by atoms with Gasteiger partial charge in [0.25, 0.3) is 0 Å². The summed E-state index contributed by atoms with van der Waals surface area (Å²) in [5.74, 6) is 0.704. The van der Waals surface area contributed by atoms with Crippen LogP contribution in [0.15, 0.2) is 22.8 Å². The number of fused-ring (bicyclic) bond motifs is 1. The first-order chi connectivity index (χ1) is 9.12. The molecule has 0 atom stereocenters. The highest BCUT2D eigenvalue weighted by molar-refractivity contribution is 9.10. The molecule has 0 unspecified atom stereocenters. The zero-order valence-corrected chi connectivity index (χ0v) is 12.3. The predicted octanol–water partition coefficient (Wildman–Crippen LogP) is 2.80. The quantitative estimate of drug-likeness (QED) is 0.812. The highest BCUT2D eigenvalue weighted by Crippen LogP contribution is 2.35. The van der Waals surface area contributed by atoms with E-state index in [0.29, 0.717) is 27.1 Å². The minimum atomic E-state index is -0.448. The van der Waals surface area contributed by atoms with Crippen molar-refractivity contribution in [3.8, 4) is 11.5 Å². The zero-order chi connectivity index (χ0) is 14.0. The maximum Gasteiger partial charge on any atom is 0.340 e. The van der Waals surface area contributed by atoms with Gasteiger partial charge < -0.3 is 14.2 Å². The molecule has 19 heavy (non-hydrogen) atoms. The Labute approximate surface area is 118 Å². The zero-order valence-electron chi connectivity index (χ0n) is 10.7. The van der Waals surface area contributed by atoms with Crippen molar-refractivity contribution < 1.29 is 19.0 Å². The van der Waals surface area contributed by atoms with Crippen LogP contribution in [-0.4, -0.2) is 32.3 Å². The summed E-state index contributed by atoms with van der Waals surface area (Å²) in [4.78, 5) is 15.8. The van der Waals surface area contributed by atoms with Crippen molar-refractivity contribution in [2.75, 3.05) is 21.3 Å². The van der Waals surface area contributed by atoms with Crippen LogP contribution >= 0.6 is 15.9 Å². The summed E-state index contributed by atoms with van der Waals surface area (Å²) in [7, 11) is 4.43. The lowest BCUT2D eigenvalue weighted by Crippen LogP contribution is -2.03. The molecule has 0 amide bonds. The van der Waals surface area contributed by atoms with E-state index in [1.54, 1.807) is 26.4 Å². The Hall–Kier alpha value is -1.82. The predicted molar refractivity (Wildman–Crippen MR) is 73.9 cm³/mol. The Balaban J connectivity index is 2.72.